The molecule has 1 saturated carbocycles. The van der Waals surface area contributed by atoms with E-state index in [1.807, 2.05) is 6.07 Å². The minimum absolute atomic E-state index is 0.562. The first-order chi connectivity index (χ1) is 21.3. The zero-order valence-electron chi connectivity index (χ0n) is 23.9. The number of hydrogen-bond acceptors (Lipinski definition) is 3. The number of anilines is 3. The maximum absolute atomic E-state index is 6.99. The van der Waals surface area contributed by atoms with E-state index in [-0.39, 0.29) is 0 Å². The van der Waals surface area contributed by atoms with E-state index >= 15 is 0 Å². The molecule has 9 rings (SSSR count). The van der Waals surface area contributed by atoms with Gasteiger partial charge in [-0.2, -0.15) is 0 Å². The van der Waals surface area contributed by atoms with E-state index in [0.717, 1.165) is 66.3 Å². The molecule has 43 heavy (non-hydrogen) atoms. The minimum Gasteiger partial charge on any atom is -0.455 e. The van der Waals surface area contributed by atoms with Crippen molar-refractivity contribution in [2.45, 2.75) is 38.0 Å². The van der Waals surface area contributed by atoms with E-state index in [4.69, 9.17) is 8.83 Å². The molecular formula is C40H31NO2. The highest BCUT2D eigenvalue weighted by molar-refractivity contribution is 6.20. The second-order valence-electron chi connectivity index (χ2n) is 11.9. The summed E-state index contributed by atoms with van der Waals surface area (Å²) in [5, 5.41) is 6.83. The molecule has 208 valence electrons. The Hall–Kier alpha value is -5.02. The van der Waals surface area contributed by atoms with Crippen molar-refractivity contribution in [1.29, 1.82) is 0 Å². The number of para-hydroxylation sites is 4. The second-order valence-corrected chi connectivity index (χ2v) is 11.9. The number of hydrogen-bond donors (Lipinski definition) is 0. The van der Waals surface area contributed by atoms with Crippen LogP contribution in [-0.4, -0.2) is 0 Å². The molecule has 0 spiro atoms. The molecule has 1 fully saturated rings. The molecule has 3 heteroatoms. The van der Waals surface area contributed by atoms with Gasteiger partial charge in [-0.3, -0.25) is 0 Å². The third-order valence-electron chi connectivity index (χ3n) is 9.44. The van der Waals surface area contributed by atoms with Gasteiger partial charge in [-0.25, -0.2) is 0 Å². The number of fused-ring (bicyclic) bond motifs is 8. The molecule has 0 atom stereocenters. The van der Waals surface area contributed by atoms with E-state index in [9.17, 15) is 0 Å². The van der Waals surface area contributed by atoms with Crippen LogP contribution < -0.4 is 4.90 Å². The van der Waals surface area contributed by atoms with Crippen LogP contribution in [0.1, 0.15) is 43.6 Å². The summed E-state index contributed by atoms with van der Waals surface area (Å²) >= 11 is 0. The average molecular weight is 558 g/mol. The fourth-order valence-corrected chi connectivity index (χ4v) is 7.44. The van der Waals surface area contributed by atoms with Crippen molar-refractivity contribution in [1.82, 2.24) is 0 Å². The molecule has 0 unspecified atom stereocenters. The van der Waals surface area contributed by atoms with Gasteiger partial charge in [0.2, 0.25) is 0 Å². The number of rotatable bonds is 4. The Balaban J connectivity index is 1.36. The quantitative estimate of drug-likeness (QED) is 0.215. The molecule has 0 saturated heterocycles. The van der Waals surface area contributed by atoms with Gasteiger partial charge in [0.05, 0.1) is 11.4 Å². The van der Waals surface area contributed by atoms with Crippen molar-refractivity contribution in [3.8, 4) is 0 Å². The van der Waals surface area contributed by atoms with Gasteiger partial charge in [-0.05, 0) is 54.7 Å². The van der Waals surface area contributed by atoms with Crippen molar-refractivity contribution < 1.29 is 8.83 Å². The summed E-state index contributed by atoms with van der Waals surface area (Å²) in [5.41, 5.74) is 8.38. The Bertz CT molecular complexity index is 2290. The summed E-state index contributed by atoms with van der Waals surface area (Å²) in [7, 11) is 0. The zero-order valence-corrected chi connectivity index (χ0v) is 23.9. The Morgan fingerprint density at radius 2 is 1.12 bits per heavy atom. The van der Waals surface area contributed by atoms with Gasteiger partial charge < -0.3 is 13.7 Å². The van der Waals surface area contributed by atoms with Crippen LogP contribution in [0, 0.1) is 0 Å². The first kappa shape index (κ1) is 24.6. The van der Waals surface area contributed by atoms with Crippen LogP contribution >= 0.6 is 0 Å². The fourth-order valence-electron chi connectivity index (χ4n) is 7.44. The van der Waals surface area contributed by atoms with Gasteiger partial charge in [-0.15, -0.1) is 0 Å². The lowest BCUT2D eigenvalue weighted by atomic mass is 9.83. The molecule has 1 aliphatic carbocycles. The summed E-state index contributed by atoms with van der Waals surface area (Å²) in [6, 6.07) is 43.2. The lowest BCUT2D eigenvalue weighted by Crippen LogP contribution is -2.10. The van der Waals surface area contributed by atoms with Crippen LogP contribution in [0.4, 0.5) is 17.1 Å². The molecule has 3 nitrogen and oxygen atoms in total. The standard InChI is InChI=1S/C40H31NO2/c1-3-13-26(14-4-1)28-20-11-21-32-33-22-12-23-35(40(33)43-38(28)32)41(27-15-5-2-6-16-27)36-25-34-30-18-9-10-24-37(30)42-39(34)31-19-8-7-17-29(31)36/h2,5-12,15-26H,1,3-4,13-14H2. The van der Waals surface area contributed by atoms with E-state index in [0.29, 0.717) is 5.92 Å². The van der Waals surface area contributed by atoms with Crippen molar-refractivity contribution >= 4 is 71.7 Å². The highest BCUT2D eigenvalue weighted by Gasteiger charge is 2.25. The van der Waals surface area contributed by atoms with Crippen molar-refractivity contribution in [2.24, 2.45) is 0 Å². The van der Waals surface area contributed by atoms with Crippen molar-refractivity contribution in [2.75, 3.05) is 4.90 Å². The Labute approximate surface area is 249 Å². The smallest absolute Gasteiger partial charge is 0.159 e. The summed E-state index contributed by atoms with van der Waals surface area (Å²) in [6.45, 7) is 0. The van der Waals surface area contributed by atoms with E-state index in [1.165, 1.54) is 43.1 Å². The maximum atomic E-state index is 6.99. The lowest BCUT2D eigenvalue weighted by molar-refractivity contribution is 0.442. The Morgan fingerprint density at radius 1 is 0.465 bits per heavy atom. The largest absolute Gasteiger partial charge is 0.455 e. The Morgan fingerprint density at radius 3 is 1.95 bits per heavy atom. The average Bonchev–Trinajstić information content (AvgIpc) is 3.65. The molecule has 0 bridgehead atoms. The summed E-state index contributed by atoms with van der Waals surface area (Å²) in [4.78, 5) is 2.37. The number of furan rings is 2. The van der Waals surface area contributed by atoms with Gasteiger partial charge in [0, 0.05) is 38.0 Å². The van der Waals surface area contributed by atoms with Gasteiger partial charge in [-0.1, -0.05) is 110 Å². The highest BCUT2D eigenvalue weighted by Crippen LogP contribution is 2.48. The van der Waals surface area contributed by atoms with Crippen molar-refractivity contribution in [3.05, 3.63) is 127 Å². The van der Waals surface area contributed by atoms with E-state index in [1.54, 1.807) is 0 Å². The molecule has 0 radical (unpaired) electrons. The van der Waals surface area contributed by atoms with Gasteiger partial charge in [0.15, 0.2) is 5.58 Å². The third-order valence-corrected chi connectivity index (χ3v) is 9.44. The lowest BCUT2D eigenvalue weighted by Gasteiger charge is -2.27. The molecule has 0 aliphatic heterocycles. The normalized spacial score (nSPS) is 14.4. The predicted molar refractivity (Wildman–Crippen MR) is 179 cm³/mol. The summed E-state index contributed by atoms with van der Waals surface area (Å²) in [5.74, 6) is 0.562. The molecule has 6 aromatic carbocycles. The van der Waals surface area contributed by atoms with Crippen LogP contribution in [0.2, 0.25) is 0 Å². The monoisotopic (exact) mass is 557 g/mol. The third kappa shape index (κ3) is 3.81. The molecule has 8 aromatic rings. The van der Waals surface area contributed by atoms with Crippen LogP contribution in [-0.2, 0) is 0 Å². The van der Waals surface area contributed by atoms with Crippen LogP contribution in [0.3, 0.4) is 0 Å². The van der Waals surface area contributed by atoms with Crippen LogP contribution in [0.15, 0.2) is 130 Å². The van der Waals surface area contributed by atoms with E-state index < -0.39 is 0 Å². The van der Waals surface area contributed by atoms with Gasteiger partial charge in [0.1, 0.15) is 16.7 Å². The predicted octanol–water partition coefficient (Wildman–Crippen LogP) is 12.2. The fraction of sp³-hybridized carbons (Fsp3) is 0.150. The Kier molecular flexibility index (Phi) is 5.59. The topological polar surface area (TPSA) is 29.5 Å². The van der Waals surface area contributed by atoms with Crippen molar-refractivity contribution in [3.63, 3.8) is 0 Å². The molecule has 2 aromatic heterocycles. The SMILES string of the molecule is c1ccc(N(c2cc3c4ccccc4oc3c3ccccc23)c2cccc3c2oc2c(C4CCCCC4)cccc23)cc1. The highest BCUT2D eigenvalue weighted by atomic mass is 16.3. The maximum Gasteiger partial charge on any atom is 0.159 e. The molecule has 0 N–H and O–H groups in total. The van der Waals surface area contributed by atoms with Crippen LogP contribution in [0.25, 0.3) is 54.6 Å². The van der Waals surface area contributed by atoms with E-state index in [2.05, 4.69) is 120 Å². The zero-order chi connectivity index (χ0) is 28.3. The molecule has 2 heterocycles. The molecule has 1 aliphatic rings. The second kappa shape index (κ2) is 9.78. The first-order valence-corrected chi connectivity index (χ1v) is 15.5. The van der Waals surface area contributed by atoms with Crippen LogP contribution in [0.5, 0.6) is 0 Å². The molecular weight excluding hydrogens is 526 g/mol. The number of nitrogens with zero attached hydrogens (tertiary/aromatic N) is 1. The number of benzene rings is 6. The minimum atomic E-state index is 0.562. The summed E-state index contributed by atoms with van der Waals surface area (Å²) in [6.07, 6.45) is 6.42. The van der Waals surface area contributed by atoms with Gasteiger partial charge >= 0.3 is 0 Å². The van der Waals surface area contributed by atoms with Gasteiger partial charge in [0.25, 0.3) is 0 Å². The summed E-state index contributed by atoms with van der Waals surface area (Å²) < 4.78 is 13.4. The first-order valence-electron chi connectivity index (χ1n) is 15.5. The molecule has 0 amide bonds.